The highest BCUT2D eigenvalue weighted by atomic mass is 15.3. The zero-order valence-electron chi connectivity index (χ0n) is 14.5. The van der Waals surface area contributed by atoms with E-state index in [-0.39, 0.29) is 5.54 Å². The lowest BCUT2D eigenvalue weighted by Gasteiger charge is -2.31. The Morgan fingerprint density at radius 3 is 1.13 bits per heavy atom. The summed E-state index contributed by atoms with van der Waals surface area (Å²) >= 11 is 0. The summed E-state index contributed by atoms with van der Waals surface area (Å²) in [6, 6.07) is 0. The van der Waals surface area contributed by atoms with Crippen molar-refractivity contribution >= 4 is 0 Å². The molecule has 0 amide bonds. The fourth-order valence-electron chi connectivity index (χ4n) is 3.77. The minimum atomic E-state index is -0.212. The summed E-state index contributed by atoms with van der Waals surface area (Å²) in [6.45, 7) is 16.2. The molecule has 0 aliphatic carbocycles. The highest BCUT2D eigenvalue weighted by molar-refractivity contribution is 4.92. The molecule has 0 aromatic heterocycles. The van der Waals surface area contributed by atoms with Gasteiger partial charge in [0.2, 0.25) is 0 Å². The second kappa shape index (κ2) is 8.71. The van der Waals surface area contributed by atoms with Gasteiger partial charge in [0.15, 0.2) is 0 Å². The van der Waals surface area contributed by atoms with E-state index in [9.17, 15) is 0 Å². The van der Waals surface area contributed by atoms with Gasteiger partial charge < -0.3 is 21.7 Å². The molecule has 0 radical (unpaired) electrons. The summed E-state index contributed by atoms with van der Waals surface area (Å²) in [5.41, 5.74) is 6.46. The number of fused-ring (bicyclic) bond motifs is 12. The third-order valence-corrected chi connectivity index (χ3v) is 5.44. The molecule has 0 spiro atoms. The first-order valence-corrected chi connectivity index (χ1v) is 9.32. The van der Waals surface area contributed by atoms with Crippen LogP contribution in [0.25, 0.3) is 0 Å². The number of nitrogens with zero attached hydrogens (tertiary/aromatic N) is 3. The molecule has 0 atom stereocenters. The van der Waals surface area contributed by atoms with Gasteiger partial charge in [-0.25, -0.2) is 0 Å². The molecular formula is C16H35N7. The van der Waals surface area contributed by atoms with Crippen LogP contribution in [0.2, 0.25) is 0 Å². The molecule has 4 rings (SSSR count). The fourth-order valence-corrected chi connectivity index (χ4v) is 3.77. The Kier molecular flexibility index (Phi) is 6.64. The van der Waals surface area contributed by atoms with Gasteiger partial charge in [0.1, 0.15) is 0 Å². The summed E-state index contributed by atoms with van der Waals surface area (Å²) < 4.78 is 0. The van der Waals surface area contributed by atoms with Gasteiger partial charge >= 0.3 is 0 Å². The lowest BCUT2D eigenvalue weighted by molar-refractivity contribution is 0.221. The summed E-state index contributed by atoms with van der Waals surface area (Å²) in [7, 11) is 0. The number of nitrogens with one attached hydrogen (secondary N) is 3. The van der Waals surface area contributed by atoms with Gasteiger partial charge in [0, 0.05) is 98.2 Å². The van der Waals surface area contributed by atoms with Crippen LogP contribution in [0.15, 0.2) is 0 Å². The molecule has 4 aliphatic rings. The first-order chi connectivity index (χ1) is 11.2. The molecular weight excluding hydrogens is 290 g/mol. The van der Waals surface area contributed by atoms with Crippen molar-refractivity contribution < 1.29 is 0 Å². The van der Waals surface area contributed by atoms with Gasteiger partial charge in [0.25, 0.3) is 0 Å². The van der Waals surface area contributed by atoms with Crippen LogP contribution in [0.4, 0.5) is 0 Å². The predicted octanol–water partition coefficient (Wildman–Crippen LogP) is -2.60. The molecule has 134 valence electrons. The first-order valence-electron chi connectivity index (χ1n) is 9.32. The van der Waals surface area contributed by atoms with Crippen LogP contribution in [0.3, 0.4) is 0 Å². The third kappa shape index (κ3) is 5.63. The molecule has 4 heterocycles. The standard InChI is InChI=1S/C16H35N7/c17-16-13-18-1-4-21-7-9-22(5-2-19-14-16)11-12-23(10-8-21)6-3-20-15-16/h18-20H,1-15,17H2. The van der Waals surface area contributed by atoms with E-state index in [1.165, 1.54) is 39.3 Å². The average molecular weight is 326 g/mol. The van der Waals surface area contributed by atoms with Crippen LogP contribution in [-0.2, 0) is 0 Å². The summed E-state index contributed by atoms with van der Waals surface area (Å²) in [5.74, 6) is 0. The molecule has 7 nitrogen and oxygen atoms in total. The Morgan fingerprint density at radius 1 is 0.522 bits per heavy atom. The molecule has 7 heteroatoms. The molecule has 5 N–H and O–H groups in total. The molecule has 4 aliphatic heterocycles. The van der Waals surface area contributed by atoms with Crippen molar-refractivity contribution in [3.05, 3.63) is 0 Å². The maximum absolute atomic E-state index is 6.67. The maximum atomic E-state index is 6.67. The van der Waals surface area contributed by atoms with E-state index in [0.29, 0.717) is 0 Å². The highest BCUT2D eigenvalue weighted by Crippen LogP contribution is 2.03. The van der Waals surface area contributed by atoms with Crippen molar-refractivity contribution in [1.29, 1.82) is 0 Å². The number of hydrogen-bond donors (Lipinski definition) is 4. The topological polar surface area (TPSA) is 71.8 Å². The Morgan fingerprint density at radius 2 is 0.826 bits per heavy atom. The van der Waals surface area contributed by atoms with E-state index in [1.54, 1.807) is 0 Å². The van der Waals surface area contributed by atoms with Gasteiger partial charge in [0.05, 0.1) is 5.54 Å². The largest absolute Gasteiger partial charge is 0.322 e. The van der Waals surface area contributed by atoms with Crippen molar-refractivity contribution in [2.24, 2.45) is 5.73 Å². The van der Waals surface area contributed by atoms with E-state index in [4.69, 9.17) is 5.73 Å². The van der Waals surface area contributed by atoms with Gasteiger partial charge in [-0.15, -0.1) is 0 Å². The van der Waals surface area contributed by atoms with Crippen LogP contribution in [0, 0.1) is 0 Å². The second-order valence-corrected chi connectivity index (χ2v) is 7.42. The smallest absolute Gasteiger partial charge is 0.0533 e. The molecule has 4 fully saturated rings. The molecule has 0 unspecified atom stereocenters. The van der Waals surface area contributed by atoms with Crippen molar-refractivity contribution in [2.75, 3.05) is 98.2 Å². The minimum absolute atomic E-state index is 0.212. The minimum Gasteiger partial charge on any atom is -0.322 e. The summed E-state index contributed by atoms with van der Waals surface area (Å²) in [4.78, 5) is 7.85. The number of rotatable bonds is 0. The Balaban J connectivity index is 1.77. The molecule has 4 saturated heterocycles. The maximum Gasteiger partial charge on any atom is 0.0533 e. The van der Waals surface area contributed by atoms with Crippen LogP contribution in [0.1, 0.15) is 0 Å². The van der Waals surface area contributed by atoms with E-state index < -0.39 is 0 Å². The van der Waals surface area contributed by atoms with E-state index in [2.05, 4.69) is 30.7 Å². The monoisotopic (exact) mass is 325 g/mol. The highest BCUT2D eigenvalue weighted by Gasteiger charge is 2.25. The number of hydrogen-bond acceptors (Lipinski definition) is 7. The zero-order valence-corrected chi connectivity index (χ0v) is 14.5. The van der Waals surface area contributed by atoms with Crippen LogP contribution in [-0.4, -0.2) is 118 Å². The lowest BCUT2D eigenvalue weighted by Crippen LogP contribution is -2.61. The summed E-state index contributed by atoms with van der Waals surface area (Å²) in [5, 5.41) is 10.8. The van der Waals surface area contributed by atoms with Crippen LogP contribution >= 0.6 is 0 Å². The Hall–Kier alpha value is -0.280. The van der Waals surface area contributed by atoms with Crippen LogP contribution < -0.4 is 21.7 Å². The quantitative estimate of drug-likeness (QED) is 0.389. The van der Waals surface area contributed by atoms with E-state index >= 15 is 0 Å². The third-order valence-electron chi connectivity index (χ3n) is 5.44. The molecule has 0 aromatic carbocycles. The van der Waals surface area contributed by atoms with E-state index in [0.717, 1.165) is 58.9 Å². The zero-order chi connectivity index (χ0) is 16.0. The summed E-state index contributed by atoms with van der Waals surface area (Å²) in [6.07, 6.45) is 0. The van der Waals surface area contributed by atoms with Crippen molar-refractivity contribution in [3.63, 3.8) is 0 Å². The normalized spacial score (nSPS) is 41.3. The fraction of sp³-hybridized carbons (Fsp3) is 1.00. The molecule has 4 bridgehead atoms. The molecule has 23 heavy (non-hydrogen) atoms. The van der Waals surface area contributed by atoms with Gasteiger partial charge in [-0.1, -0.05) is 0 Å². The Bertz CT molecular complexity index is 289. The van der Waals surface area contributed by atoms with Crippen molar-refractivity contribution in [1.82, 2.24) is 30.7 Å². The molecule has 0 saturated carbocycles. The average Bonchev–Trinajstić information content (AvgIpc) is 2.65. The predicted molar refractivity (Wildman–Crippen MR) is 94.8 cm³/mol. The van der Waals surface area contributed by atoms with Gasteiger partial charge in [-0.05, 0) is 0 Å². The molecule has 0 aromatic rings. The first kappa shape index (κ1) is 17.5. The van der Waals surface area contributed by atoms with E-state index in [1.807, 2.05) is 0 Å². The lowest BCUT2D eigenvalue weighted by atomic mass is 10.0. The Labute approximate surface area is 140 Å². The van der Waals surface area contributed by atoms with Gasteiger partial charge in [-0.3, -0.25) is 14.7 Å². The number of nitrogens with two attached hydrogens (primary N) is 1. The van der Waals surface area contributed by atoms with Crippen molar-refractivity contribution in [2.45, 2.75) is 5.54 Å². The van der Waals surface area contributed by atoms with Crippen molar-refractivity contribution in [3.8, 4) is 0 Å². The second-order valence-electron chi connectivity index (χ2n) is 7.42. The SMILES string of the molecule is NC12CNCCN3CCN(CCNC1)CCN(CCNC2)CC3. The van der Waals surface area contributed by atoms with Gasteiger partial charge in [-0.2, -0.15) is 0 Å². The van der Waals surface area contributed by atoms with Crippen LogP contribution in [0.5, 0.6) is 0 Å².